The van der Waals surface area contributed by atoms with Gasteiger partial charge in [0.1, 0.15) is 26.4 Å². The number of Topliss-reactive ketones (excluding diaryl/α,β-unsaturated/α-hetero) is 2. The van der Waals surface area contributed by atoms with E-state index in [1.54, 1.807) is 6.92 Å². The van der Waals surface area contributed by atoms with Crippen LogP contribution in [0.1, 0.15) is 211 Å². The molecule has 0 N–H and O–H groups in total. The molecule has 7 rings (SSSR count). The van der Waals surface area contributed by atoms with Gasteiger partial charge in [-0.1, -0.05) is 139 Å². The molecule has 1 aromatic carbocycles. The van der Waals surface area contributed by atoms with Crippen molar-refractivity contribution < 1.29 is 42.8 Å². The van der Waals surface area contributed by atoms with Crippen molar-refractivity contribution in [2.24, 2.45) is 0 Å². The number of unbranched alkanes of at least 4 members (excludes halogenated alkanes) is 3. The molecule has 0 aromatic heterocycles. The smallest absolute Gasteiger partial charge is 0.694 e. The average molecular weight is 1240 g/mol. The fraction of sp³-hybridized carbons (Fsp3) is 0.541. The van der Waals surface area contributed by atoms with Crippen molar-refractivity contribution >= 4 is 80.2 Å². The van der Waals surface area contributed by atoms with E-state index in [9.17, 15) is 19.2 Å². The monoisotopic (exact) mass is 1230 g/mol. The van der Waals surface area contributed by atoms with Crippen LogP contribution in [0.5, 0.6) is 5.75 Å². The largest absolute Gasteiger partial charge is 1.00 e. The van der Waals surface area contributed by atoms with Crippen molar-refractivity contribution in [2.45, 2.75) is 254 Å². The Morgan fingerprint density at radius 2 is 1.12 bits per heavy atom. The molecule has 1 aliphatic heterocycles. The molecule has 0 fully saturated rings. The molecule has 6 aliphatic rings. The molecule has 0 spiro atoms. The van der Waals surface area contributed by atoms with Crippen LogP contribution in [0.3, 0.4) is 0 Å². The van der Waals surface area contributed by atoms with E-state index in [0.717, 1.165) is 191 Å². The van der Waals surface area contributed by atoms with Gasteiger partial charge in [0.15, 0.2) is 5.78 Å². The Hall–Kier alpha value is -5.13. The summed E-state index contributed by atoms with van der Waals surface area (Å²) in [6.45, 7) is 34.3. The van der Waals surface area contributed by atoms with Gasteiger partial charge in [0, 0.05) is 69.2 Å². The van der Waals surface area contributed by atoms with Gasteiger partial charge in [0.25, 0.3) is 0 Å². The molecule has 10 heteroatoms. The third kappa shape index (κ3) is 24.7. The maximum absolute atomic E-state index is 13.8. The first-order chi connectivity index (χ1) is 39.4. The Morgan fingerprint density at radius 3 is 1.61 bits per heavy atom. The Morgan fingerprint density at radius 1 is 0.643 bits per heavy atom. The molecule has 5 nitrogen and oxygen atoms in total. The first-order valence-electron chi connectivity index (χ1n) is 30.5. The summed E-state index contributed by atoms with van der Waals surface area (Å²) in [4.78, 5) is 47.1. The second-order valence-electron chi connectivity index (χ2n) is 25.2. The van der Waals surface area contributed by atoms with E-state index in [0.29, 0.717) is 5.78 Å². The predicted molar refractivity (Wildman–Crippen MR) is 364 cm³/mol. The van der Waals surface area contributed by atoms with Crippen molar-refractivity contribution in [1.82, 2.24) is 0 Å². The summed E-state index contributed by atoms with van der Waals surface area (Å²) < 4.78 is 7.52. The normalized spacial score (nSPS) is 15.4. The van der Waals surface area contributed by atoms with Crippen LogP contribution in [0.25, 0.3) is 5.57 Å². The maximum atomic E-state index is 13.8. The first-order valence-corrected chi connectivity index (χ1v) is 41.3. The number of ketones is 2. The van der Waals surface area contributed by atoms with Crippen molar-refractivity contribution in [3.05, 3.63) is 61.0 Å². The van der Waals surface area contributed by atoms with Crippen LogP contribution in [-0.4, -0.2) is 55.0 Å². The molecular formula is C74H96BrLiO5Si3. The molecule has 0 atom stereocenters. The molecule has 0 bridgehead atoms. The van der Waals surface area contributed by atoms with E-state index in [1.807, 2.05) is 5.92 Å². The standard InChI is InChI=1S/C24H36O2Si2.C19H24OSi.C14H16O.C7H9BrO.C7H8.C3H3.Li/c1-24(2,3)28(7,8)23-18-15-11-9-10-12-16(15)20(25)19(18)22(27(4,5)6)17-13-14-26-21(17)23;1-5-6-7-8-9-12-17-13-10-11-14-18(17)19(20)15-16-21(2,3)4;1-2-3-4-5-6-9-13-10-7-8-11-14(13)12-15;8-7-4-2-1-3-6(7)5-9;1-3-5-7-6-4-2;1-3-2;/h9-14H2,1-8H3;5-6,10-11,13-14H2,1-4H3;12H,2-3,7-8,10-11H2,1H3;5H,1-4H2;1H,4,6H2,2H3;1H3;/q;;;;;-1;+1. The zero-order valence-corrected chi connectivity index (χ0v) is 59.2. The minimum absolute atomic E-state index is 0. The number of terminal acetylenes is 1. The molecule has 0 radical (unpaired) electrons. The third-order valence-corrected chi connectivity index (χ3v) is 24.5. The molecule has 0 amide bonds. The van der Waals surface area contributed by atoms with Crippen LogP contribution in [0.15, 0.2) is 37.9 Å². The molecule has 0 saturated carbocycles. The molecule has 0 unspecified atom stereocenters. The number of hydrogen-bond donors (Lipinski definition) is 0. The molecule has 0 saturated heterocycles. The van der Waals surface area contributed by atoms with Crippen LogP contribution in [0.2, 0.25) is 57.4 Å². The number of fused-ring (bicyclic) bond motifs is 3. The SMILES string of the molecule is C#CC#CCCC.CC(C)(C)[Si](C)(C)c1c2c(c([Si](C)(C)C)c3c1C1=C(CCCC1)C3=O)CCO2.CCCC#CC#CC1=C(C(=O)C#C[Si](C)(C)C)CCCC1.CCCC#CC#CC1=C(C=O)CCCC1.O=CC1=C(Br)CCCC1.[C-]#CC.[Li+]. The minimum Gasteiger partial charge on any atom is -0.694 e. The van der Waals surface area contributed by atoms with Gasteiger partial charge in [-0.15, -0.1) is 12.0 Å². The van der Waals surface area contributed by atoms with Crippen molar-refractivity contribution in [3.8, 4) is 94.7 Å². The fourth-order valence-electron chi connectivity index (χ4n) is 10.1. The number of allylic oxidation sites excluding steroid dienone is 8. The van der Waals surface area contributed by atoms with Gasteiger partial charge < -0.3 is 17.1 Å². The number of rotatable bonds is 8. The number of benzene rings is 1. The number of halogens is 1. The molecule has 84 heavy (non-hydrogen) atoms. The Bertz CT molecular complexity index is 3110. The van der Waals surface area contributed by atoms with Gasteiger partial charge in [0.2, 0.25) is 5.78 Å². The zero-order chi connectivity index (χ0) is 62.2. The summed E-state index contributed by atoms with van der Waals surface area (Å²) in [5, 5.41) is 3.09. The summed E-state index contributed by atoms with van der Waals surface area (Å²) in [5.41, 5.74) is 14.2. The van der Waals surface area contributed by atoms with Gasteiger partial charge in [-0.3, -0.25) is 19.2 Å². The van der Waals surface area contributed by atoms with Crippen LogP contribution in [-0.2, 0) is 20.8 Å². The molecule has 5 aliphatic carbocycles. The van der Waals surface area contributed by atoms with Gasteiger partial charge >= 0.3 is 18.9 Å². The quantitative estimate of drug-likeness (QED) is 0.112. The molecule has 1 aromatic rings. The second kappa shape index (κ2) is 39.5. The summed E-state index contributed by atoms with van der Waals surface area (Å²) in [6, 6.07) is 0. The van der Waals surface area contributed by atoms with Crippen molar-refractivity contribution in [3.63, 3.8) is 0 Å². The summed E-state index contributed by atoms with van der Waals surface area (Å²) in [6.07, 6.45) is 36.3. The summed E-state index contributed by atoms with van der Waals surface area (Å²) >= 11 is 3.36. The van der Waals surface area contributed by atoms with Crippen LogP contribution >= 0.6 is 15.9 Å². The van der Waals surface area contributed by atoms with Crippen LogP contribution < -0.4 is 34.0 Å². The molecule has 442 valence electrons. The van der Waals surface area contributed by atoms with E-state index in [-0.39, 0.29) is 29.7 Å². The van der Waals surface area contributed by atoms with Gasteiger partial charge in [-0.2, -0.15) is 0 Å². The van der Waals surface area contributed by atoms with E-state index in [1.165, 1.54) is 52.1 Å². The molecular weight excluding hydrogens is 1140 g/mol. The van der Waals surface area contributed by atoms with Gasteiger partial charge in [-0.25, -0.2) is 0 Å². The first kappa shape index (κ1) is 76.9. The Balaban J connectivity index is 0.000000557. The zero-order valence-electron chi connectivity index (χ0n) is 54.6. The predicted octanol–water partition coefficient (Wildman–Crippen LogP) is 13.8. The maximum Gasteiger partial charge on any atom is 1.00 e. The topological polar surface area (TPSA) is 77.5 Å². The second-order valence-corrected chi connectivity index (χ2v) is 41.1. The van der Waals surface area contributed by atoms with E-state index >= 15 is 0 Å². The summed E-state index contributed by atoms with van der Waals surface area (Å²) in [5.74, 6) is 37.4. The van der Waals surface area contributed by atoms with Gasteiger partial charge in [-0.05, 0) is 202 Å². The average Bonchev–Trinajstić information content (AvgIpc) is 1.67. The number of hydrogen-bond acceptors (Lipinski definition) is 5. The number of carbonyl (C=O) groups is 4. The van der Waals surface area contributed by atoms with E-state index in [4.69, 9.17) is 17.6 Å². The van der Waals surface area contributed by atoms with Crippen molar-refractivity contribution in [1.29, 1.82) is 0 Å². The van der Waals surface area contributed by atoms with Crippen molar-refractivity contribution in [2.75, 3.05) is 6.61 Å². The Kier molecular flexibility index (Phi) is 36.2. The fourth-order valence-corrected chi connectivity index (χ4v) is 15.7. The Labute approximate surface area is 535 Å². The summed E-state index contributed by atoms with van der Waals surface area (Å²) in [7, 11) is -5.08. The van der Waals surface area contributed by atoms with E-state index < -0.39 is 24.2 Å². The van der Waals surface area contributed by atoms with Gasteiger partial charge in [0.05, 0.1) is 22.8 Å². The number of aldehydes is 2. The number of ether oxygens (including phenoxy) is 1. The molecule has 1 heterocycles. The van der Waals surface area contributed by atoms with Crippen LogP contribution in [0, 0.1) is 95.4 Å². The number of carbonyl (C=O) groups excluding carboxylic acids is 4. The van der Waals surface area contributed by atoms with E-state index in [2.05, 4.69) is 186 Å². The van der Waals surface area contributed by atoms with Crippen LogP contribution in [0.4, 0.5) is 0 Å². The third-order valence-electron chi connectivity index (χ3n) is 15.2. The minimum atomic E-state index is -1.88.